The topological polar surface area (TPSA) is 69.6 Å². The molecule has 0 saturated heterocycles. The molecule has 234 valence electrons. The van der Waals surface area contributed by atoms with Crippen molar-refractivity contribution >= 4 is 43.9 Å². The Labute approximate surface area is 287 Å². The number of fused-ring (bicyclic) bond motifs is 7. The number of nitrogens with zero attached hydrogens (tertiary/aromatic N) is 5. The van der Waals surface area contributed by atoms with Crippen molar-refractivity contribution < 1.29 is 4.42 Å². The lowest BCUT2D eigenvalue weighted by atomic mass is 10.0. The van der Waals surface area contributed by atoms with Crippen molar-refractivity contribution in [1.29, 1.82) is 0 Å². The molecular formula is C44H27N5O. The molecule has 0 aliphatic heterocycles. The molecule has 0 spiro atoms. The van der Waals surface area contributed by atoms with Crippen LogP contribution in [0.1, 0.15) is 0 Å². The normalized spacial score (nSPS) is 11.6. The fourth-order valence-corrected chi connectivity index (χ4v) is 6.94. The minimum Gasteiger partial charge on any atom is -0.453 e. The molecule has 0 saturated carbocycles. The Hall–Kier alpha value is -6.92. The third-order valence-electron chi connectivity index (χ3n) is 9.22. The summed E-state index contributed by atoms with van der Waals surface area (Å²) >= 11 is 0. The lowest BCUT2D eigenvalue weighted by Crippen LogP contribution is -2.01. The van der Waals surface area contributed by atoms with Gasteiger partial charge in [-0.1, -0.05) is 127 Å². The highest BCUT2D eigenvalue weighted by atomic mass is 16.3. The summed E-state index contributed by atoms with van der Waals surface area (Å²) in [6, 6.07) is 55.5. The molecule has 0 aliphatic rings. The molecule has 0 atom stereocenters. The Bertz CT molecular complexity index is 2800. The van der Waals surface area contributed by atoms with E-state index in [1.165, 1.54) is 0 Å². The van der Waals surface area contributed by atoms with Gasteiger partial charge in [0.05, 0.1) is 22.1 Å². The molecule has 0 fully saturated rings. The van der Waals surface area contributed by atoms with Crippen molar-refractivity contribution in [2.75, 3.05) is 0 Å². The fourth-order valence-electron chi connectivity index (χ4n) is 6.94. The predicted octanol–water partition coefficient (Wildman–Crippen LogP) is 10.9. The van der Waals surface area contributed by atoms with Gasteiger partial charge in [0, 0.05) is 38.7 Å². The number of pyridine rings is 1. The molecule has 50 heavy (non-hydrogen) atoms. The van der Waals surface area contributed by atoms with E-state index >= 15 is 0 Å². The van der Waals surface area contributed by atoms with Crippen molar-refractivity contribution in [3.05, 3.63) is 164 Å². The van der Waals surface area contributed by atoms with Gasteiger partial charge in [0.2, 0.25) is 0 Å². The van der Waals surface area contributed by atoms with Gasteiger partial charge in [-0.3, -0.25) is 0 Å². The number of benzene rings is 6. The Kier molecular flexibility index (Phi) is 6.39. The standard InChI is InChI=1S/C44H27N5O/c1-4-15-28(16-5-1)38-37-39-41(50-40(37)33-23-10-12-25-35(33)45-38)34-24-11-13-26-36(34)49(39)32-22-14-21-31(27-32)44-47-42(29-17-6-2-7-18-29)46-43(48-44)30-19-8-3-9-20-30/h1-27H. The zero-order valence-electron chi connectivity index (χ0n) is 26.7. The van der Waals surface area contributed by atoms with E-state index in [2.05, 4.69) is 83.4 Å². The molecule has 10 rings (SSSR count). The number of hydrogen-bond donors (Lipinski definition) is 0. The molecule has 0 radical (unpaired) electrons. The van der Waals surface area contributed by atoms with Crippen LogP contribution < -0.4 is 0 Å². The van der Waals surface area contributed by atoms with Crippen molar-refractivity contribution in [2.24, 2.45) is 0 Å². The molecular weight excluding hydrogens is 615 g/mol. The van der Waals surface area contributed by atoms with Gasteiger partial charge in [-0.15, -0.1) is 0 Å². The van der Waals surface area contributed by atoms with Gasteiger partial charge < -0.3 is 8.98 Å². The van der Waals surface area contributed by atoms with Crippen LogP contribution in [0.3, 0.4) is 0 Å². The van der Waals surface area contributed by atoms with E-state index in [9.17, 15) is 0 Å². The van der Waals surface area contributed by atoms with Crippen LogP contribution in [-0.2, 0) is 0 Å². The minimum absolute atomic E-state index is 0.599. The third kappa shape index (κ3) is 4.50. The molecule has 4 heterocycles. The number of rotatable bonds is 5. The second-order valence-corrected chi connectivity index (χ2v) is 12.3. The van der Waals surface area contributed by atoms with Crippen LogP contribution in [0.15, 0.2) is 168 Å². The second-order valence-electron chi connectivity index (χ2n) is 12.3. The second kappa shape index (κ2) is 11.4. The number of hydrogen-bond acceptors (Lipinski definition) is 5. The van der Waals surface area contributed by atoms with E-state index in [4.69, 9.17) is 24.4 Å². The third-order valence-corrected chi connectivity index (χ3v) is 9.22. The van der Waals surface area contributed by atoms with E-state index in [1.807, 2.05) is 84.9 Å². The van der Waals surface area contributed by atoms with Gasteiger partial charge in [0.25, 0.3) is 0 Å². The molecule has 0 aliphatic carbocycles. The monoisotopic (exact) mass is 641 g/mol. The maximum atomic E-state index is 6.89. The van der Waals surface area contributed by atoms with Crippen LogP contribution in [0.25, 0.3) is 95.0 Å². The van der Waals surface area contributed by atoms with E-state index in [-0.39, 0.29) is 0 Å². The summed E-state index contributed by atoms with van der Waals surface area (Å²) in [6.45, 7) is 0. The summed E-state index contributed by atoms with van der Waals surface area (Å²) in [4.78, 5) is 20.2. The van der Waals surface area contributed by atoms with Crippen LogP contribution in [0.2, 0.25) is 0 Å². The lowest BCUT2D eigenvalue weighted by Gasteiger charge is -2.12. The van der Waals surface area contributed by atoms with Crippen LogP contribution in [0.4, 0.5) is 0 Å². The highest BCUT2D eigenvalue weighted by molar-refractivity contribution is 6.24. The lowest BCUT2D eigenvalue weighted by molar-refractivity contribution is 0.676. The zero-order chi connectivity index (χ0) is 33.0. The summed E-state index contributed by atoms with van der Waals surface area (Å²) in [6.07, 6.45) is 0. The number of para-hydroxylation sites is 2. The zero-order valence-corrected chi connectivity index (χ0v) is 26.7. The first kappa shape index (κ1) is 28.1. The molecule has 6 nitrogen and oxygen atoms in total. The van der Waals surface area contributed by atoms with Crippen molar-refractivity contribution in [3.8, 4) is 51.1 Å². The predicted molar refractivity (Wildman–Crippen MR) is 201 cm³/mol. The van der Waals surface area contributed by atoms with E-state index < -0.39 is 0 Å². The van der Waals surface area contributed by atoms with E-state index in [1.54, 1.807) is 0 Å². The van der Waals surface area contributed by atoms with Gasteiger partial charge in [0.15, 0.2) is 23.1 Å². The fraction of sp³-hybridized carbons (Fsp3) is 0. The first-order valence-electron chi connectivity index (χ1n) is 16.6. The van der Waals surface area contributed by atoms with Crippen LogP contribution in [0, 0.1) is 0 Å². The Morgan fingerprint density at radius 3 is 1.64 bits per heavy atom. The summed E-state index contributed by atoms with van der Waals surface area (Å²) in [5.74, 6) is 1.85. The molecule has 0 N–H and O–H groups in total. The van der Waals surface area contributed by atoms with Crippen molar-refractivity contribution in [1.82, 2.24) is 24.5 Å². The van der Waals surface area contributed by atoms with E-state index in [0.717, 1.165) is 77.5 Å². The van der Waals surface area contributed by atoms with Gasteiger partial charge in [-0.05, 0) is 36.4 Å². The van der Waals surface area contributed by atoms with Gasteiger partial charge in [-0.2, -0.15) is 0 Å². The van der Waals surface area contributed by atoms with Gasteiger partial charge in [-0.25, -0.2) is 19.9 Å². The van der Waals surface area contributed by atoms with Crippen LogP contribution in [-0.4, -0.2) is 24.5 Å². The molecule has 10 aromatic rings. The summed E-state index contributed by atoms with van der Waals surface area (Å²) < 4.78 is 9.19. The molecule has 6 heteroatoms. The molecule has 0 bridgehead atoms. The Morgan fingerprint density at radius 1 is 0.420 bits per heavy atom. The average molecular weight is 642 g/mol. The summed E-state index contributed by atoms with van der Waals surface area (Å²) in [5.41, 5.74) is 10.2. The molecule has 0 amide bonds. The first-order chi connectivity index (χ1) is 24.8. The molecule has 6 aromatic carbocycles. The van der Waals surface area contributed by atoms with E-state index in [0.29, 0.717) is 17.5 Å². The number of furan rings is 1. The SMILES string of the molecule is c1ccc(-c2nc(-c3ccccc3)nc(-c3cccc(-n4c5ccccc5c5oc6c7ccccc7nc(-c7ccccc7)c6c54)c3)n2)cc1. The van der Waals surface area contributed by atoms with Crippen molar-refractivity contribution in [2.45, 2.75) is 0 Å². The summed E-state index contributed by atoms with van der Waals surface area (Å²) in [7, 11) is 0. The Balaban J connectivity index is 1.26. The highest BCUT2D eigenvalue weighted by Crippen LogP contribution is 2.44. The van der Waals surface area contributed by atoms with Crippen LogP contribution in [0.5, 0.6) is 0 Å². The average Bonchev–Trinajstić information content (AvgIpc) is 3.74. The highest BCUT2D eigenvalue weighted by Gasteiger charge is 2.25. The smallest absolute Gasteiger partial charge is 0.164 e. The maximum absolute atomic E-state index is 6.89. The Morgan fingerprint density at radius 2 is 0.960 bits per heavy atom. The first-order valence-corrected chi connectivity index (χ1v) is 16.6. The maximum Gasteiger partial charge on any atom is 0.164 e. The van der Waals surface area contributed by atoms with Crippen molar-refractivity contribution in [3.63, 3.8) is 0 Å². The largest absolute Gasteiger partial charge is 0.453 e. The number of aromatic nitrogens is 5. The quantitative estimate of drug-likeness (QED) is 0.187. The molecule has 0 unspecified atom stereocenters. The molecule has 4 aromatic heterocycles. The minimum atomic E-state index is 0.599. The van der Waals surface area contributed by atoms with Gasteiger partial charge in [0.1, 0.15) is 11.1 Å². The van der Waals surface area contributed by atoms with Crippen LogP contribution >= 0.6 is 0 Å². The summed E-state index contributed by atoms with van der Waals surface area (Å²) in [5, 5.41) is 2.99. The van der Waals surface area contributed by atoms with Gasteiger partial charge >= 0.3 is 0 Å².